The Hall–Kier alpha value is -2.02. The second kappa shape index (κ2) is 7.25. The van der Waals surface area contributed by atoms with E-state index in [1.165, 1.54) is 6.33 Å². The maximum absolute atomic E-state index is 6.17. The Morgan fingerprint density at radius 3 is 2.25 bits per heavy atom. The zero-order valence-electron chi connectivity index (χ0n) is 12.2. The highest BCUT2D eigenvalue weighted by molar-refractivity contribution is 9.10. The van der Waals surface area contributed by atoms with E-state index in [0.717, 1.165) is 10.2 Å². The summed E-state index contributed by atoms with van der Waals surface area (Å²) >= 11 is 15.5. The first-order chi connectivity index (χ1) is 11.5. The Balaban J connectivity index is 1.89. The highest BCUT2D eigenvalue weighted by Gasteiger charge is 2.11. The molecule has 0 bridgehead atoms. The van der Waals surface area contributed by atoms with E-state index >= 15 is 0 Å². The third-order valence-corrected chi connectivity index (χ3v) is 4.43. The number of nitrogen functional groups attached to an aromatic ring is 1. The number of rotatable bonds is 4. The van der Waals surface area contributed by atoms with Gasteiger partial charge in [0, 0.05) is 9.50 Å². The molecule has 0 saturated heterocycles. The van der Waals surface area contributed by atoms with E-state index in [4.69, 9.17) is 28.9 Å². The zero-order chi connectivity index (χ0) is 17.1. The van der Waals surface area contributed by atoms with Gasteiger partial charge in [-0.1, -0.05) is 35.3 Å². The van der Waals surface area contributed by atoms with Crippen LogP contribution in [0.15, 0.2) is 53.3 Å². The van der Waals surface area contributed by atoms with Crippen LogP contribution in [-0.2, 0) is 0 Å². The highest BCUT2D eigenvalue weighted by atomic mass is 79.9. The summed E-state index contributed by atoms with van der Waals surface area (Å²) < 4.78 is 0.901. The molecule has 5 nitrogen and oxygen atoms in total. The Morgan fingerprint density at radius 1 is 0.917 bits per heavy atom. The smallest absolute Gasteiger partial charge is 0.159 e. The third-order valence-electron chi connectivity index (χ3n) is 3.20. The molecule has 3 aromatic rings. The lowest BCUT2D eigenvalue weighted by molar-refractivity contribution is 1.17. The minimum absolute atomic E-state index is 0.374. The molecular weight excluding hydrogens is 413 g/mol. The number of hydrogen-bond acceptors (Lipinski definition) is 5. The van der Waals surface area contributed by atoms with Crippen molar-refractivity contribution in [2.45, 2.75) is 0 Å². The molecule has 0 unspecified atom stereocenters. The molecule has 8 heteroatoms. The van der Waals surface area contributed by atoms with E-state index in [1.807, 2.05) is 24.3 Å². The van der Waals surface area contributed by atoms with Gasteiger partial charge in [-0.05, 0) is 46.3 Å². The number of hydrogen-bond donors (Lipinski definition) is 3. The number of benzene rings is 2. The summed E-state index contributed by atoms with van der Waals surface area (Å²) in [6.07, 6.45) is 1.42. The second-order valence-electron chi connectivity index (χ2n) is 4.84. The molecule has 3 rings (SSSR count). The summed E-state index contributed by atoms with van der Waals surface area (Å²) in [5, 5.41) is 7.29. The lowest BCUT2D eigenvalue weighted by Crippen LogP contribution is -2.05. The molecule has 0 atom stereocenters. The van der Waals surface area contributed by atoms with Crippen LogP contribution in [0.1, 0.15) is 0 Å². The SMILES string of the molecule is Nc1c(Nc2ccc(Cl)cc2Cl)ncnc1Nc1ccccc1Br. The minimum atomic E-state index is 0.374. The van der Waals surface area contributed by atoms with E-state index in [0.29, 0.717) is 33.1 Å². The van der Waals surface area contributed by atoms with Crippen LogP contribution in [0.3, 0.4) is 0 Å². The molecule has 4 N–H and O–H groups in total. The number of halogens is 3. The van der Waals surface area contributed by atoms with Crippen molar-refractivity contribution in [3.05, 3.63) is 63.3 Å². The van der Waals surface area contributed by atoms with E-state index in [9.17, 15) is 0 Å². The van der Waals surface area contributed by atoms with Gasteiger partial charge in [-0.15, -0.1) is 0 Å². The molecule has 0 amide bonds. The van der Waals surface area contributed by atoms with Crippen LogP contribution in [0.5, 0.6) is 0 Å². The van der Waals surface area contributed by atoms with E-state index in [2.05, 4.69) is 36.5 Å². The van der Waals surface area contributed by atoms with Crippen molar-refractivity contribution in [1.29, 1.82) is 0 Å². The molecule has 0 aliphatic carbocycles. The van der Waals surface area contributed by atoms with E-state index in [-0.39, 0.29) is 0 Å². The fourth-order valence-corrected chi connectivity index (χ4v) is 2.84. The summed E-state index contributed by atoms with van der Waals surface area (Å²) in [4.78, 5) is 8.36. The fourth-order valence-electron chi connectivity index (χ4n) is 2.00. The van der Waals surface area contributed by atoms with Crippen molar-refractivity contribution >= 4 is 67.8 Å². The molecule has 122 valence electrons. The highest BCUT2D eigenvalue weighted by Crippen LogP contribution is 2.33. The first kappa shape index (κ1) is 16.8. The average Bonchev–Trinajstić information content (AvgIpc) is 2.55. The molecule has 24 heavy (non-hydrogen) atoms. The standard InChI is InChI=1S/C16H12BrCl2N5/c17-10-3-1-2-4-12(10)23-15-14(20)16(22-8-21-15)24-13-6-5-9(18)7-11(13)19/h1-8H,20H2,(H2,21,22,23,24). The number of anilines is 5. The van der Waals surface area contributed by atoms with Crippen molar-refractivity contribution in [3.63, 3.8) is 0 Å². The van der Waals surface area contributed by atoms with Gasteiger partial charge in [0.2, 0.25) is 0 Å². The maximum Gasteiger partial charge on any atom is 0.159 e. The van der Waals surface area contributed by atoms with Gasteiger partial charge in [0.25, 0.3) is 0 Å². The van der Waals surface area contributed by atoms with Gasteiger partial charge >= 0.3 is 0 Å². The van der Waals surface area contributed by atoms with Gasteiger partial charge in [0.1, 0.15) is 12.0 Å². The zero-order valence-corrected chi connectivity index (χ0v) is 15.3. The van der Waals surface area contributed by atoms with Crippen molar-refractivity contribution in [2.75, 3.05) is 16.4 Å². The first-order valence-electron chi connectivity index (χ1n) is 6.88. The van der Waals surface area contributed by atoms with Crippen molar-refractivity contribution < 1.29 is 0 Å². The van der Waals surface area contributed by atoms with Gasteiger partial charge in [-0.25, -0.2) is 9.97 Å². The largest absolute Gasteiger partial charge is 0.393 e. The van der Waals surface area contributed by atoms with Gasteiger partial charge in [0.05, 0.1) is 16.4 Å². The van der Waals surface area contributed by atoms with Crippen LogP contribution in [0, 0.1) is 0 Å². The van der Waals surface area contributed by atoms with Gasteiger partial charge in [-0.2, -0.15) is 0 Å². The molecule has 0 aliphatic rings. The number of nitrogens with one attached hydrogen (secondary N) is 2. The van der Waals surface area contributed by atoms with E-state index < -0.39 is 0 Å². The average molecular weight is 425 g/mol. The van der Waals surface area contributed by atoms with Crippen LogP contribution in [0.25, 0.3) is 0 Å². The summed E-state index contributed by atoms with van der Waals surface area (Å²) in [5.74, 6) is 0.938. The summed E-state index contributed by atoms with van der Waals surface area (Å²) in [6.45, 7) is 0. The Bertz CT molecular complexity index is 888. The van der Waals surface area contributed by atoms with Crippen LogP contribution in [0.4, 0.5) is 28.7 Å². The molecule has 0 radical (unpaired) electrons. The summed E-state index contributed by atoms with van der Waals surface area (Å²) in [6, 6.07) is 12.8. The Morgan fingerprint density at radius 2 is 1.58 bits per heavy atom. The minimum Gasteiger partial charge on any atom is -0.393 e. The van der Waals surface area contributed by atoms with Crippen LogP contribution in [-0.4, -0.2) is 9.97 Å². The van der Waals surface area contributed by atoms with Crippen molar-refractivity contribution in [2.24, 2.45) is 0 Å². The Labute approximate surface area is 157 Å². The Kier molecular flexibility index (Phi) is 5.08. The molecule has 2 aromatic carbocycles. The number of nitrogens with two attached hydrogens (primary N) is 1. The molecule has 1 heterocycles. The molecule has 0 aliphatic heterocycles. The fraction of sp³-hybridized carbons (Fsp3) is 0. The number of aromatic nitrogens is 2. The molecule has 1 aromatic heterocycles. The first-order valence-corrected chi connectivity index (χ1v) is 8.43. The van der Waals surface area contributed by atoms with Crippen LogP contribution >= 0.6 is 39.1 Å². The van der Waals surface area contributed by atoms with Gasteiger partial charge < -0.3 is 16.4 Å². The second-order valence-corrected chi connectivity index (χ2v) is 6.54. The summed E-state index contributed by atoms with van der Waals surface area (Å²) in [5.41, 5.74) is 8.05. The monoisotopic (exact) mass is 423 g/mol. The molecular formula is C16H12BrCl2N5. The van der Waals surface area contributed by atoms with Gasteiger partial charge in [0.15, 0.2) is 11.6 Å². The van der Waals surface area contributed by atoms with Crippen LogP contribution < -0.4 is 16.4 Å². The van der Waals surface area contributed by atoms with Gasteiger partial charge in [-0.3, -0.25) is 0 Å². The van der Waals surface area contributed by atoms with Crippen LogP contribution in [0.2, 0.25) is 10.0 Å². The molecule has 0 spiro atoms. The number of nitrogens with zero attached hydrogens (tertiary/aromatic N) is 2. The molecule has 0 saturated carbocycles. The summed E-state index contributed by atoms with van der Waals surface area (Å²) in [7, 11) is 0. The normalized spacial score (nSPS) is 10.5. The third kappa shape index (κ3) is 3.72. The number of para-hydroxylation sites is 1. The van der Waals surface area contributed by atoms with Crippen molar-refractivity contribution in [3.8, 4) is 0 Å². The predicted molar refractivity (Wildman–Crippen MR) is 104 cm³/mol. The van der Waals surface area contributed by atoms with Crippen molar-refractivity contribution in [1.82, 2.24) is 9.97 Å². The quantitative estimate of drug-likeness (QED) is 0.507. The topological polar surface area (TPSA) is 75.9 Å². The lowest BCUT2D eigenvalue weighted by Gasteiger charge is -2.14. The predicted octanol–water partition coefficient (Wildman–Crippen LogP) is 5.62. The van der Waals surface area contributed by atoms with E-state index in [1.54, 1.807) is 18.2 Å². The lowest BCUT2D eigenvalue weighted by atomic mass is 10.3. The molecule has 0 fully saturated rings. The maximum atomic E-state index is 6.17.